The molecule has 2 aromatic heterocycles. The van der Waals surface area contributed by atoms with Crippen LogP contribution >= 0.6 is 35.3 Å². The van der Waals surface area contributed by atoms with Crippen molar-refractivity contribution in [3.8, 4) is 10.6 Å². The minimum absolute atomic E-state index is 0. The molecule has 23 heavy (non-hydrogen) atoms. The number of carbonyl (C=O) groups excluding carboxylic acids is 1. The number of hydrogen-bond donors (Lipinski definition) is 1. The van der Waals surface area contributed by atoms with E-state index in [1.807, 2.05) is 18.0 Å². The molecule has 2 aromatic rings. The van der Waals surface area contributed by atoms with E-state index in [-0.39, 0.29) is 18.3 Å². The van der Waals surface area contributed by atoms with Crippen molar-refractivity contribution in [2.24, 2.45) is 5.92 Å². The highest BCUT2D eigenvalue weighted by Gasteiger charge is 2.26. The molecule has 1 aliphatic heterocycles. The number of halogens is 2. The van der Waals surface area contributed by atoms with E-state index in [1.54, 1.807) is 12.1 Å². The highest BCUT2D eigenvalue weighted by atomic mass is 35.5. The fraction of sp³-hybridized carbons (Fsp3) is 0.467. The molecule has 0 aliphatic carbocycles. The van der Waals surface area contributed by atoms with Crippen molar-refractivity contribution >= 4 is 41.3 Å². The summed E-state index contributed by atoms with van der Waals surface area (Å²) < 4.78 is 5.98. The first-order chi connectivity index (χ1) is 10.7. The number of piperidine rings is 1. The zero-order valence-corrected chi connectivity index (χ0v) is 15.1. The van der Waals surface area contributed by atoms with E-state index in [2.05, 4.69) is 10.5 Å². The predicted molar refractivity (Wildman–Crippen MR) is 94.6 cm³/mol. The van der Waals surface area contributed by atoms with Crippen molar-refractivity contribution in [2.45, 2.75) is 12.8 Å². The largest absolute Gasteiger partial charge is 0.355 e. The van der Waals surface area contributed by atoms with E-state index < -0.39 is 0 Å². The Morgan fingerprint density at radius 3 is 3.09 bits per heavy atom. The van der Waals surface area contributed by atoms with Crippen molar-refractivity contribution in [1.82, 2.24) is 15.4 Å². The molecule has 0 aromatic carbocycles. The quantitative estimate of drug-likeness (QED) is 0.887. The van der Waals surface area contributed by atoms with Crippen LogP contribution < -0.4 is 5.32 Å². The lowest BCUT2D eigenvalue weighted by Crippen LogP contribution is -2.42. The number of thiophene rings is 1. The van der Waals surface area contributed by atoms with Gasteiger partial charge in [-0.25, -0.2) is 0 Å². The van der Waals surface area contributed by atoms with E-state index in [1.165, 1.54) is 11.3 Å². The molecular formula is C15H19Cl2N3O2S. The lowest BCUT2D eigenvalue weighted by Gasteiger charge is -2.32. The number of hydrogen-bond acceptors (Lipinski definition) is 5. The molecule has 0 saturated carbocycles. The van der Waals surface area contributed by atoms with Crippen LogP contribution in [0.3, 0.4) is 0 Å². The summed E-state index contributed by atoms with van der Waals surface area (Å²) in [5, 5.41) is 7.11. The second-order valence-corrected chi connectivity index (χ2v) is 7.21. The van der Waals surface area contributed by atoms with E-state index in [0.717, 1.165) is 37.4 Å². The molecule has 1 N–H and O–H groups in total. The lowest BCUT2D eigenvalue weighted by molar-refractivity contribution is 0.0664. The van der Waals surface area contributed by atoms with Gasteiger partial charge in [0.15, 0.2) is 11.5 Å². The van der Waals surface area contributed by atoms with E-state index >= 15 is 0 Å². The van der Waals surface area contributed by atoms with Crippen LogP contribution in [-0.4, -0.2) is 42.6 Å². The number of nitrogens with one attached hydrogen (secondary N) is 1. The Hall–Kier alpha value is -1.08. The van der Waals surface area contributed by atoms with Crippen molar-refractivity contribution in [2.75, 3.05) is 26.7 Å². The standard InChI is InChI=1S/C15H18ClN3O2S.ClH/c1-17-8-10-3-2-6-19(9-10)15(20)11-7-12(21-18-11)13-4-5-14(16)22-13;/h4-5,7,10,17H,2-3,6,8-9H2,1H3;1H. The van der Waals surface area contributed by atoms with Gasteiger partial charge in [0.1, 0.15) is 0 Å². The van der Waals surface area contributed by atoms with Gasteiger partial charge < -0.3 is 14.7 Å². The topological polar surface area (TPSA) is 58.4 Å². The molecule has 1 atom stereocenters. The maximum Gasteiger partial charge on any atom is 0.276 e. The van der Waals surface area contributed by atoms with Crippen LogP contribution in [0.15, 0.2) is 22.7 Å². The van der Waals surface area contributed by atoms with Crippen molar-refractivity contribution in [3.63, 3.8) is 0 Å². The third-order valence-corrected chi connectivity index (χ3v) is 5.09. The SMILES string of the molecule is CNCC1CCCN(C(=O)c2cc(-c3ccc(Cl)s3)on2)C1.Cl. The molecule has 0 spiro atoms. The summed E-state index contributed by atoms with van der Waals surface area (Å²) in [4.78, 5) is 15.3. The third-order valence-electron chi connectivity index (χ3n) is 3.84. The Morgan fingerprint density at radius 2 is 2.39 bits per heavy atom. The average Bonchev–Trinajstić information content (AvgIpc) is 3.16. The van der Waals surface area contributed by atoms with Crippen LogP contribution in [0.5, 0.6) is 0 Å². The zero-order chi connectivity index (χ0) is 15.5. The summed E-state index contributed by atoms with van der Waals surface area (Å²) in [6.07, 6.45) is 2.19. The molecule has 1 unspecified atom stereocenters. The zero-order valence-electron chi connectivity index (χ0n) is 12.8. The van der Waals surface area contributed by atoms with Gasteiger partial charge in [0.05, 0.1) is 9.21 Å². The van der Waals surface area contributed by atoms with Crippen LogP contribution in [0, 0.1) is 5.92 Å². The minimum atomic E-state index is -0.0570. The van der Waals surface area contributed by atoms with Gasteiger partial charge in [-0.15, -0.1) is 23.7 Å². The molecule has 3 rings (SSSR count). The van der Waals surface area contributed by atoms with Gasteiger partial charge in [-0.1, -0.05) is 16.8 Å². The van der Waals surface area contributed by atoms with Gasteiger partial charge in [-0.05, 0) is 44.5 Å². The summed E-state index contributed by atoms with van der Waals surface area (Å²) in [5.41, 5.74) is 0.365. The fourth-order valence-corrected chi connectivity index (χ4v) is 3.80. The van der Waals surface area contributed by atoms with Gasteiger partial charge in [-0.2, -0.15) is 0 Å². The molecule has 3 heterocycles. The summed E-state index contributed by atoms with van der Waals surface area (Å²) in [6, 6.07) is 5.37. The fourth-order valence-electron chi connectivity index (χ4n) is 2.81. The van der Waals surface area contributed by atoms with Gasteiger partial charge in [-0.3, -0.25) is 4.79 Å². The smallest absolute Gasteiger partial charge is 0.276 e. The first kappa shape index (κ1) is 18.3. The van der Waals surface area contributed by atoms with Crippen LogP contribution in [0.4, 0.5) is 0 Å². The minimum Gasteiger partial charge on any atom is -0.355 e. The Balaban J connectivity index is 0.00000192. The number of nitrogens with zero attached hydrogens (tertiary/aromatic N) is 2. The Kier molecular flexibility index (Phi) is 6.47. The van der Waals surface area contributed by atoms with Crippen LogP contribution in [0.2, 0.25) is 4.34 Å². The van der Waals surface area contributed by atoms with E-state index in [9.17, 15) is 4.79 Å². The van der Waals surface area contributed by atoms with Crippen LogP contribution in [0.25, 0.3) is 10.6 Å². The first-order valence-corrected chi connectivity index (χ1v) is 8.53. The molecule has 1 aliphatic rings. The molecule has 1 saturated heterocycles. The third kappa shape index (κ3) is 4.26. The Labute approximate surface area is 150 Å². The number of likely N-dealkylation sites (tertiary alicyclic amines) is 1. The number of carbonyl (C=O) groups is 1. The van der Waals surface area contributed by atoms with Gasteiger partial charge in [0, 0.05) is 19.2 Å². The van der Waals surface area contributed by atoms with E-state index in [4.69, 9.17) is 16.1 Å². The molecule has 1 amide bonds. The maximum absolute atomic E-state index is 12.6. The summed E-state index contributed by atoms with van der Waals surface area (Å²) >= 11 is 7.33. The van der Waals surface area contributed by atoms with E-state index in [0.29, 0.717) is 21.7 Å². The molecule has 126 valence electrons. The van der Waals surface area contributed by atoms with Crippen LogP contribution in [0.1, 0.15) is 23.3 Å². The number of aromatic nitrogens is 1. The highest BCUT2D eigenvalue weighted by molar-refractivity contribution is 7.19. The molecular weight excluding hydrogens is 357 g/mol. The monoisotopic (exact) mass is 375 g/mol. The van der Waals surface area contributed by atoms with Crippen LogP contribution in [-0.2, 0) is 0 Å². The highest BCUT2D eigenvalue weighted by Crippen LogP contribution is 2.31. The number of rotatable bonds is 4. The number of amides is 1. The summed E-state index contributed by atoms with van der Waals surface area (Å²) in [5.74, 6) is 1.03. The molecule has 8 heteroatoms. The average molecular weight is 376 g/mol. The molecule has 1 fully saturated rings. The molecule has 5 nitrogen and oxygen atoms in total. The normalized spacial score (nSPS) is 17.8. The maximum atomic E-state index is 12.6. The Morgan fingerprint density at radius 1 is 1.57 bits per heavy atom. The molecule has 0 bridgehead atoms. The predicted octanol–water partition coefficient (Wildman–Crippen LogP) is 3.55. The molecule has 0 radical (unpaired) electrons. The van der Waals surface area contributed by atoms with Gasteiger partial charge in [0.25, 0.3) is 5.91 Å². The first-order valence-electron chi connectivity index (χ1n) is 7.33. The van der Waals surface area contributed by atoms with Gasteiger partial charge in [0.2, 0.25) is 0 Å². The van der Waals surface area contributed by atoms with Crippen molar-refractivity contribution in [3.05, 3.63) is 28.2 Å². The summed E-state index contributed by atoms with van der Waals surface area (Å²) in [6.45, 7) is 2.49. The van der Waals surface area contributed by atoms with Gasteiger partial charge >= 0.3 is 0 Å². The summed E-state index contributed by atoms with van der Waals surface area (Å²) in [7, 11) is 1.94. The van der Waals surface area contributed by atoms with Crippen molar-refractivity contribution in [1.29, 1.82) is 0 Å². The Bertz CT molecular complexity index is 657. The van der Waals surface area contributed by atoms with Crippen molar-refractivity contribution < 1.29 is 9.32 Å². The lowest BCUT2D eigenvalue weighted by atomic mass is 9.98. The second kappa shape index (κ2) is 8.15. The second-order valence-electron chi connectivity index (χ2n) is 5.50.